The van der Waals surface area contributed by atoms with Crippen LogP contribution in [0, 0.1) is 13.8 Å². The number of carbonyl (C=O) groups is 2. The van der Waals surface area contributed by atoms with Crippen LogP contribution in [0.25, 0.3) is 0 Å². The van der Waals surface area contributed by atoms with E-state index >= 15 is 0 Å². The molecule has 5 nitrogen and oxygen atoms in total. The molecular formula is C24H31N3O2. The van der Waals surface area contributed by atoms with Crippen LogP contribution >= 0.6 is 0 Å². The number of carbonyl (C=O) groups excluding carboxylic acids is 2. The molecule has 1 heterocycles. The molecule has 0 aromatic heterocycles. The molecule has 0 unspecified atom stereocenters. The fourth-order valence-electron chi connectivity index (χ4n) is 3.82. The zero-order valence-corrected chi connectivity index (χ0v) is 17.7. The lowest BCUT2D eigenvalue weighted by Crippen LogP contribution is -2.49. The van der Waals surface area contributed by atoms with Gasteiger partial charge in [-0.3, -0.25) is 14.5 Å². The summed E-state index contributed by atoms with van der Waals surface area (Å²) in [5, 5.41) is 0. The van der Waals surface area contributed by atoms with E-state index in [0.717, 1.165) is 49.5 Å². The van der Waals surface area contributed by atoms with E-state index in [1.54, 1.807) is 11.8 Å². The van der Waals surface area contributed by atoms with Crippen molar-refractivity contribution in [1.82, 2.24) is 9.80 Å². The van der Waals surface area contributed by atoms with Gasteiger partial charge in [-0.1, -0.05) is 42.5 Å². The number of hydrogen-bond donors (Lipinski definition) is 0. The average molecular weight is 394 g/mol. The van der Waals surface area contributed by atoms with Crippen molar-refractivity contribution in [2.45, 2.75) is 33.7 Å². The number of amides is 2. The Balaban J connectivity index is 1.52. The molecule has 2 amide bonds. The molecule has 29 heavy (non-hydrogen) atoms. The van der Waals surface area contributed by atoms with Crippen LogP contribution in [-0.2, 0) is 16.1 Å². The summed E-state index contributed by atoms with van der Waals surface area (Å²) in [5.74, 6) is 0.0973. The minimum absolute atomic E-state index is 0.0285. The molecule has 2 aromatic carbocycles. The zero-order chi connectivity index (χ0) is 20.8. The van der Waals surface area contributed by atoms with E-state index in [4.69, 9.17) is 0 Å². The molecule has 1 aliphatic rings. The van der Waals surface area contributed by atoms with E-state index in [1.807, 2.05) is 43.0 Å². The molecule has 1 aliphatic heterocycles. The number of anilines is 1. The van der Waals surface area contributed by atoms with Gasteiger partial charge in [0, 0.05) is 58.3 Å². The molecule has 0 radical (unpaired) electrons. The van der Waals surface area contributed by atoms with Crippen LogP contribution in [0.1, 0.15) is 30.0 Å². The Morgan fingerprint density at radius 2 is 1.66 bits per heavy atom. The Morgan fingerprint density at radius 1 is 0.966 bits per heavy atom. The maximum atomic E-state index is 12.7. The van der Waals surface area contributed by atoms with Crippen LogP contribution in [0.4, 0.5) is 5.69 Å². The van der Waals surface area contributed by atoms with Crippen LogP contribution < -0.4 is 4.90 Å². The first-order valence-corrected chi connectivity index (χ1v) is 10.3. The van der Waals surface area contributed by atoms with Crippen LogP contribution in [0.3, 0.4) is 0 Å². The molecule has 154 valence electrons. The molecule has 0 atom stereocenters. The number of nitrogens with zero attached hydrogens (tertiary/aromatic N) is 3. The molecule has 0 bridgehead atoms. The Bertz CT molecular complexity index is 842. The minimum atomic E-state index is -0.0285. The third-order valence-electron chi connectivity index (χ3n) is 5.56. The fourth-order valence-corrected chi connectivity index (χ4v) is 3.82. The van der Waals surface area contributed by atoms with Gasteiger partial charge >= 0.3 is 0 Å². The molecule has 0 N–H and O–H groups in total. The third-order valence-corrected chi connectivity index (χ3v) is 5.56. The standard InChI is InChI=1S/C24H31N3O2/c1-19-9-10-20(2)23(17-19)27(21(3)28)12-11-24(29)26-15-13-25(14-16-26)18-22-7-5-4-6-8-22/h4-10,17H,11-16,18H2,1-3H3. The highest BCUT2D eigenvalue weighted by atomic mass is 16.2. The Morgan fingerprint density at radius 3 is 2.31 bits per heavy atom. The van der Waals surface area contributed by atoms with E-state index in [1.165, 1.54) is 5.56 Å². The van der Waals surface area contributed by atoms with Gasteiger partial charge in [0.1, 0.15) is 0 Å². The Kier molecular flexibility index (Phi) is 7.04. The third kappa shape index (κ3) is 5.67. The summed E-state index contributed by atoms with van der Waals surface area (Å²) in [6.07, 6.45) is 0.353. The van der Waals surface area contributed by atoms with E-state index in [-0.39, 0.29) is 11.8 Å². The van der Waals surface area contributed by atoms with Crippen molar-refractivity contribution < 1.29 is 9.59 Å². The summed E-state index contributed by atoms with van der Waals surface area (Å²) in [6.45, 7) is 10.2. The monoisotopic (exact) mass is 393 g/mol. The predicted molar refractivity (Wildman–Crippen MR) is 117 cm³/mol. The van der Waals surface area contributed by atoms with Gasteiger partial charge in [0.25, 0.3) is 0 Å². The molecule has 1 fully saturated rings. The van der Waals surface area contributed by atoms with Crippen molar-refractivity contribution in [1.29, 1.82) is 0 Å². The van der Waals surface area contributed by atoms with Crippen LogP contribution in [0.15, 0.2) is 48.5 Å². The molecule has 0 spiro atoms. The summed E-state index contributed by atoms with van der Waals surface area (Å²) < 4.78 is 0. The van der Waals surface area contributed by atoms with Gasteiger partial charge in [-0.2, -0.15) is 0 Å². The van der Waals surface area contributed by atoms with Gasteiger partial charge in [-0.25, -0.2) is 0 Å². The fraction of sp³-hybridized carbons (Fsp3) is 0.417. The summed E-state index contributed by atoms with van der Waals surface area (Å²) >= 11 is 0. The largest absolute Gasteiger partial charge is 0.340 e. The number of benzene rings is 2. The molecule has 5 heteroatoms. The van der Waals surface area contributed by atoms with Gasteiger partial charge in [-0.05, 0) is 36.6 Å². The lowest BCUT2D eigenvalue weighted by atomic mass is 10.1. The number of piperazine rings is 1. The second kappa shape index (κ2) is 9.70. The maximum Gasteiger partial charge on any atom is 0.224 e. The van der Waals surface area contributed by atoms with Crippen molar-refractivity contribution >= 4 is 17.5 Å². The molecule has 2 aromatic rings. The summed E-state index contributed by atoms with van der Waals surface area (Å²) in [7, 11) is 0. The van der Waals surface area contributed by atoms with Crippen molar-refractivity contribution in [3.05, 3.63) is 65.2 Å². The number of rotatable bonds is 6. The second-order valence-corrected chi connectivity index (χ2v) is 7.85. The summed E-state index contributed by atoms with van der Waals surface area (Å²) in [5.41, 5.74) is 4.36. The lowest BCUT2D eigenvalue weighted by molar-refractivity contribution is -0.132. The van der Waals surface area contributed by atoms with Gasteiger partial charge in [0.05, 0.1) is 0 Å². The summed E-state index contributed by atoms with van der Waals surface area (Å²) in [6, 6.07) is 16.5. The van der Waals surface area contributed by atoms with Gasteiger partial charge in [0.2, 0.25) is 11.8 Å². The Hall–Kier alpha value is -2.66. The van der Waals surface area contributed by atoms with E-state index in [0.29, 0.717) is 13.0 Å². The molecule has 3 rings (SSSR count). The first kappa shape index (κ1) is 21.1. The average Bonchev–Trinajstić information content (AvgIpc) is 2.71. The van der Waals surface area contributed by atoms with Crippen LogP contribution in [-0.4, -0.2) is 54.3 Å². The first-order valence-electron chi connectivity index (χ1n) is 10.3. The van der Waals surface area contributed by atoms with E-state index in [9.17, 15) is 9.59 Å². The molecule has 0 saturated carbocycles. The van der Waals surface area contributed by atoms with Gasteiger partial charge < -0.3 is 9.80 Å². The van der Waals surface area contributed by atoms with E-state index in [2.05, 4.69) is 29.2 Å². The highest BCUT2D eigenvalue weighted by Crippen LogP contribution is 2.22. The van der Waals surface area contributed by atoms with Gasteiger partial charge in [0.15, 0.2) is 0 Å². The quantitative estimate of drug-likeness (QED) is 0.756. The second-order valence-electron chi connectivity index (χ2n) is 7.85. The topological polar surface area (TPSA) is 43.9 Å². The predicted octanol–water partition coefficient (Wildman–Crippen LogP) is 3.39. The van der Waals surface area contributed by atoms with Crippen molar-refractivity contribution in [3.63, 3.8) is 0 Å². The molecular weight excluding hydrogens is 362 g/mol. The lowest BCUT2D eigenvalue weighted by Gasteiger charge is -2.35. The van der Waals surface area contributed by atoms with Crippen molar-refractivity contribution in [2.24, 2.45) is 0 Å². The number of hydrogen-bond acceptors (Lipinski definition) is 3. The van der Waals surface area contributed by atoms with E-state index < -0.39 is 0 Å². The van der Waals surface area contributed by atoms with Crippen LogP contribution in [0.2, 0.25) is 0 Å². The normalized spacial score (nSPS) is 14.7. The highest BCUT2D eigenvalue weighted by molar-refractivity contribution is 5.93. The minimum Gasteiger partial charge on any atom is -0.340 e. The summed E-state index contributed by atoms with van der Waals surface area (Å²) in [4.78, 5) is 31.0. The highest BCUT2D eigenvalue weighted by Gasteiger charge is 2.22. The van der Waals surface area contributed by atoms with Crippen molar-refractivity contribution in [3.8, 4) is 0 Å². The number of aryl methyl sites for hydroxylation is 2. The SMILES string of the molecule is CC(=O)N(CCC(=O)N1CCN(Cc2ccccc2)CC1)c1cc(C)ccc1C. The Labute approximate surface area is 173 Å². The molecule has 1 saturated heterocycles. The molecule has 0 aliphatic carbocycles. The van der Waals surface area contributed by atoms with Gasteiger partial charge in [-0.15, -0.1) is 0 Å². The zero-order valence-electron chi connectivity index (χ0n) is 17.7. The smallest absolute Gasteiger partial charge is 0.224 e. The maximum absolute atomic E-state index is 12.7. The van der Waals surface area contributed by atoms with Crippen LogP contribution in [0.5, 0.6) is 0 Å². The van der Waals surface area contributed by atoms with Crippen molar-refractivity contribution in [2.75, 3.05) is 37.6 Å². The first-order chi connectivity index (χ1) is 13.9.